The lowest BCUT2D eigenvalue weighted by Crippen LogP contribution is -2.47. The normalized spacial score (nSPS) is 12.9. The van der Waals surface area contributed by atoms with E-state index in [-0.39, 0.29) is 28.1 Å². The quantitative estimate of drug-likeness (QED) is 0.335. The molecule has 1 aliphatic rings. The summed E-state index contributed by atoms with van der Waals surface area (Å²) in [6, 6.07) is 20.4. The third kappa shape index (κ3) is 5.26. The van der Waals surface area contributed by atoms with Crippen LogP contribution in [-0.4, -0.2) is 43.5 Å². The number of fused-ring (bicyclic) bond motifs is 1. The van der Waals surface area contributed by atoms with E-state index < -0.39 is 40.2 Å². The van der Waals surface area contributed by atoms with Gasteiger partial charge in [-0.15, -0.1) is 0 Å². The number of sulfonamides is 1. The monoisotopic (exact) mass is 492 g/mol. The molecule has 4 amide bonds. The summed E-state index contributed by atoms with van der Waals surface area (Å²) in [5.41, 5.74) is 5.44. The van der Waals surface area contributed by atoms with Crippen molar-refractivity contribution in [2.24, 2.45) is 0 Å². The first kappa shape index (κ1) is 23.8. The van der Waals surface area contributed by atoms with Crippen LogP contribution in [0, 0.1) is 0 Å². The zero-order valence-electron chi connectivity index (χ0n) is 18.2. The standard InChI is InChI=1S/C24H20N4O6S/c29-21(15-28-23(31)19-11-4-5-12-20(19)24(28)32)26-27-22(30)17-9-6-10-18(13-17)35(33,34)25-14-16-7-2-1-3-8-16/h1-13,25H,14-15H2,(H,26,29)(H,27,30). The number of amides is 4. The molecular formula is C24H20N4O6S. The summed E-state index contributed by atoms with van der Waals surface area (Å²) in [5.74, 6) is -2.79. The number of nitrogens with zero attached hydrogens (tertiary/aromatic N) is 1. The fourth-order valence-corrected chi connectivity index (χ4v) is 4.49. The fraction of sp³-hybridized carbons (Fsp3) is 0.0833. The average molecular weight is 493 g/mol. The molecule has 1 heterocycles. The lowest BCUT2D eigenvalue weighted by atomic mass is 10.1. The second-order valence-corrected chi connectivity index (χ2v) is 9.35. The van der Waals surface area contributed by atoms with Crippen molar-refractivity contribution >= 4 is 33.7 Å². The van der Waals surface area contributed by atoms with Crippen molar-refractivity contribution in [1.29, 1.82) is 0 Å². The van der Waals surface area contributed by atoms with Crippen LogP contribution in [-0.2, 0) is 21.4 Å². The minimum absolute atomic E-state index is 0.0198. The van der Waals surface area contributed by atoms with Crippen LogP contribution >= 0.6 is 0 Å². The van der Waals surface area contributed by atoms with Gasteiger partial charge < -0.3 is 0 Å². The topological polar surface area (TPSA) is 142 Å². The van der Waals surface area contributed by atoms with Crippen LogP contribution in [0.15, 0.2) is 83.8 Å². The first-order chi connectivity index (χ1) is 16.8. The molecule has 10 nitrogen and oxygen atoms in total. The highest BCUT2D eigenvalue weighted by Gasteiger charge is 2.36. The first-order valence-corrected chi connectivity index (χ1v) is 11.9. The largest absolute Gasteiger partial charge is 0.271 e. The predicted octanol–water partition coefficient (Wildman–Crippen LogP) is 1.22. The smallest absolute Gasteiger partial charge is 0.269 e. The summed E-state index contributed by atoms with van der Waals surface area (Å²) < 4.78 is 27.7. The number of nitrogens with one attached hydrogen (secondary N) is 3. The Morgan fingerprint density at radius 3 is 2.06 bits per heavy atom. The van der Waals surface area contributed by atoms with Gasteiger partial charge in [0.25, 0.3) is 23.6 Å². The summed E-state index contributed by atoms with van der Waals surface area (Å²) in [4.78, 5) is 50.1. The maximum atomic E-state index is 12.6. The van der Waals surface area contributed by atoms with Crippen molar-refractivity contribution < 1.29 is 27.6 Å². The molecule has 0 saturated carbocycles. The van der Waals surface area contributed by atoms with E-state index in [9.17, 15) is 27.6 Å². The number of imide groups is 1. The van der Waals surface area contributed by atoms with E-state index in [2.05, 4.69) is 15.6 Å². The van der Waals surface area contributed by atoms with Crippen molar-refractivity contribution in [2.45, 2.75) is 11.4 Å². The average Bonchev–Trinajstić information content (AvgIpc) is 3.11. The molecule has 0 atom stereocenters. The number of hydrogen-bond donors (Lipinski definition) is 3. The molecule has 0 fully saturated rings. The second kappa shape index (κ2) is 9.87. The van der Waals surface area contributed by atoms with Crippen LogP contribution in [0.1, 0.15) is 36.6 Å². The molecule has 11 heteroatoms. The number of rotatable bonds is 7. The van der Waals surface area contributed by atoms with Gasteiger partial charge in [0.1, 0.15) is 6.54 Å². The Bertz CT molecular complexity index is 1390. The van der Waals surface area contributed by atoms with Gasteiger partial charge in [-0.2, -0.15) is 0 Å². The highest BCUT2D eigenvalue weighted by molar-refractivity contribution is 7.89. The Morgan fingerprint density at radius 1 is 0.771 bits per heavy atom. The van der Waals surface area contributed by atoms with Crippen molar-refractivity contribution in [3.63, 3.8) is 0 Å². The summed E-state index contributed by atoms with van der Waals surface area (Å²) in [5, 5.41) is 0. The van der Waals surface area contributed by atoms with Gasteiger partial charge in [-0.05, 0) is 35.9 Å². The van der Waals surface area contributed by atoms with E-state index in [1.165, 1.54) is 36.4 Å². The van der Waals surface area contributed by atoms with Crippen LogP contribution in [0.25, 0.3) is 0 Å². The lowest BCUT2D eigenvalue weighted by molar-refractivity contribution is -0.122. The van der Waals surface area contributed by atoms with E-state index in [1.807, 2.05) is 6.07 Å². The minimum atomic E-state index is -3.90. The molecule has 3 aromatic carbocycles. The minimum Gasteiger partial charge on any atom is -0.271 e. The molecule has 4 rings (SSSR count). The Balaban J connectivity index is 1.35. The van der Waals surface area contributed by atoms with Gasteiger partial charge in [0.2, 0.25) is 10.0 Å². The molecule has 3 aromatic rings. The summed E-state index contributed by atoms with van der Waals surface area (Å²) in [6.07, 6.45) is 0. The maximum Gasteiger partial charge on any atom is 0.269 e. The Labute approximate surface area is 201 Å². The number of benzene rings is 3. The summed E-state index contributed by atoms with van der Waals surface area (Å²) in [7, 11) is -3.90. The second-order valence-electron chi connectivity index (χ2n) is 7.58. The molecule has 0 spiro atoms. The molecule has 0 radical (unpaired) electrons. The molecule has 3 N–H and O–H groups in total. The Morgan fingerprint density at radius 2 is 1.40 bits per heavy atom. The third-order valence-electron chi connectivity index (χ3n) is 5.21. The van der Waals surface area contributed by atoms with E-state index in [0.29, 0.717) is 0 Å². The number of carbonyl (C=O) groups is 4. The van der Waals surface area contributed by atoms with Gasteiger partial charge >= 0.3 is 0 Å². The number of hydrazine groups is 1. The van der Waals surface area contributed by atoms with Gasteiger partial charge in [-0.3, -0.25) is 34.9 Å². The molecule has 0 aliphatic carbocycles. The predicted molar refractivity (Wildman–Crippen MR) is 124 cm³/mol. The van der Waals surface area contributed by atoms with Crippen LogP contribution in [0.3, 0.4) is 0 Å². The molecule has 0 saturated heterocycles. The van der Waals surface area contributed by atoms with Gasteiger partial charge in [-0.25, -0.2) is 13.1 Å². The van der Waals surface area contributed by atoms with E-state index in [1.54, 1.807) is 36.4 Å². The molecular weight excluding hydrogens is 472 g/mol. The molecule has 0 unspecified atom stereocenters. The molecule has 0 bridgehead atoms. The van der Waals surface area contributed by atoms with Gasteiger partial charge in [0.05, 0.1) is 16.0 Å². The zero-order chi connectivity index (χ0) is 25.0. The van der Waals surface area contributed by atoms with Crippen molar-refractivity contribution in [3.05, 3.63) is 101 Å². The number of hydrogen-bond acceptors (Lipinski definition) is 6. The Hall–Kier alpha value is -4.35. The van der Waals surface area contributed by atoms with E-state index in [0.717, 1.165) is 10.5 Å². The van der Waals surface area contributed by atoms with Gasteiger partial charge in [-0.1, -0.05) is 48.5 Å². The molecule has 1 aliphatic heterocycles. The summed E-state index contributed by atoms with van der Waals surface area (Å²) >= 11 is 0. The zero-order valence-corrected chi connectivity index (χ0v) is 19.0. The van der Waals surface area contributed by atoms with Crippen LogP contribution in [0.2, 0.25) is 0 Å². The van der Waals surface area contributed by atoms with Crippen LogP contribution in [0.5, 0.6) is 0 Å². The van der Waals surface area contributed by atoms with Crippen LogP contribution in [0.4, 0.5) is 0 Å². The van der Waals surface area contributed by atoms with E-state index in [4.69, 9.17) is 0 Å². The van der Waals surface area contributed by atoms with Gasteiger partial charge in [0.15, 0.2) is 0 Å². The molecule has 0 aromatic heterocycles. The first-order valence-electron chi connectivity index (χ1n) is 10.4. The molecule has 178 valence electrons. The maximum absolute atomic E-state index is 12.6. The van der Waals surface area contributed by atoms with Crippen LogP contribution < -0.4 is 15.6 Å². The summed E-state index contributed by atoms with van der Waals surface area (Å²) in [6.45, 7) is -0.516. The van der Waals surface area contributed by atoms with Crippen molar-refractivity contribution in [2.75, 3.05) is 6.54 Å². The fourth-order valence-electron chi connectivity index (χ4n) is 3.43. The van der Waals surface area contributed by atoms with Gasteiger partial charge in [0, 0.05) is 12.1 Å². The Kier molecular flexibility index (Phi) is 6.71. The number of carbonyl (C=O) groups excluding carboxylic acids is 4. The molecule has 35 heavy (non-hydrogen) atoms. The van der Waals surface area contributed by atoms with E-state index >= 15 is 0 Å². The highest BCUT2D eigenvalue weighted by Crippen LogP contribution is 2.21. The third-order valence-corrected chi connectivity index (χ3v) is 6.61. The lowest BCUT2D eigenvalue weighted by Gasteiger charge is -2.14. The van der Waals surface area contributed by atoms with Crippen molar-refractivity contribution in [3.8, 4) is 0 Å². The van der Waals surface area contributed by atoms with Crippen molar-refractivity contribution in [1.82, 2.24) is 20.5 Å². The SMILES string of the molecule is O=C(CN1C(=O)c2ccccc2C1=O)NNC(=O)c1cccc(S(=O)(=O)NCc2ccccc2)c1. The highest BCUT2D eigenvalue weighted by atomic mass is 32.2.